The zero-order valence-electron chi connectivity index (χ0n) is 17.1. The number of unbranched alkanes of at least 4 members (excludes halogenated alkanes) is 1. The molecule has 0 aromatic heterocycles. The van der Waals surface area contributed by atoms with E-state index in [0.29, 0.717) is 6.42 Å². The molecule has 0 saturated heterocycles. The van der Waals surface area contributed by atoms with Gasteiger partial charge in [-0.1, -0.05) is 43.7 Å². The Bertz CT molecular complexity index is 805. The van der Waals surface area contributed by atoms with Gasteiger partial charge in [-0.3, -0.25) is 10.1 Å². The summed E-state index contributed by atoms with van der Waals surface area (Å²) < 4.78 is 10.3. The Balaban J connectivity index is 0. The first-order chi connectivity index (χ1) is 12.5. The van der Waals surface area contributed by atoms with E-state index in [0.717, 1.165) is 24.1 Å². The zero-order valence-corrected chi connectivity index (χ0v) is 16.5. The van der Waals surface area contributed by atoms with Gasteiger partial charge in [-0.2, -0.15) is 0 Å². The Morgan fingerprint density at radius 2 is 1.70 bits per heavy atom. The summed E-state index contributed by atoms with van der Waals surface area (Å²) in [4.78, 5) is 34.9. The largest absolute Gasteiger partial charge is 2.00 e. The SMILES string of the molecule is CCCCOC(=O)c1ccc([N+](=O)[O-])cc1C(=O)OCc1ccccc1.[H-].[H-].[Mg+2]. The molecule has 0 saturated carbocycles. The van der Waals surface area contributed by atoms with E-state index >= 15 is 0 Å². The van der Waals surface area contributed by atoms with Crippen molar-refractivity contribution in [3.05, 3.63) is 75.3 Å². The third kappa shape index (κ3) is 6.65. The van der Waals surface area contributed by atoms with Crippen LogP contribution in [0.25, 0.3) is 0 Å². The number of esters is 2. The van der Waals surface area contributed by atoms with Gasteiger partial charge >= 0.3 is 35.0 Å². The first-order valence-electron chi connectivity index (χ1n) is 8.19. The normalized spacial score (nSPS) is 9.81. The number of non-ortho nitro benzene ring substituents is 1. The fourth-order valence-electron chi connectivity index (χ4n) is 2.18. The molecule has 0 spiro atoms. The van der Waals surface area contributed by atoms with E-state index in [2.05, 4.69) is 0 Å². The number of rotatable bonds is 8. The molecule has 0 atom stereocenters. The summed E-state index contributed by atoms with van der Waals surface area (Å²) in [5, 5.41) is 11.0. The van der Waals surface area contributed by atoms with Crippen LogP contribution < -0.4 is 0 Å². The minimum absolute atomic E-state index is 0. The van der Waals surface area contributed by atoms with Crippen LogP contribution >= 0.6 is 0 Å². The van der Waals surface area contributed by atoms with Crippen LogP contribution in [0.15, 0.2) is 48.5 Å². The molecule has 0 heterocycles. The first-order valence-corrected chi connectivity index (χ1v) is 8.19. The van der Waals surface area contributed by atoms with Crippen molar-refractivity contribution in [1.29, 1.82) is 0 Å². The summed E-state index contributed by atoms with van der Waals surface area (Å²) in [5.41, 5.74) is 0.224. The molecular formula is C19H21MgNO6. The molecule has 0 N–H and O–H groups in total. The van der Waals surface area contributed by atoms with E-state index in [-0.39, 0.29) is 55.9 Å². The van der Waals surface area contributed by atoms with Crippen LogP contribution in [0.1, 0.15) is 48.9 Å². The van der Waals surface area contributed by atoms with Crippen molar-refractivity contribution in [3.8, 4) is 0 Å². The topological polar surface area (TPSA) is 95.7 Å². The van der Waals surface area contributed by atoms with E-state index in [1.54, 1.807) is 24.3 Å². The average molecular weight is 384 g/mol. The molecule has 27 heavy (non-hydrogen) atoms. The molecule has 0 unspecified atom stereocenters. The molecule has 2 aromatic rings. The molecule has 7 nitrogen and oxygen atoms in total. The standard InChI is InChI=1S/C19H19NO6.Mg.2H/c1-2-3-11-25-18(21)16-10-9-15(20(23)24)12-17(16)19(22)26-13-14-7-5-4-6-8-14;;;/h4-10,12H,2-3,11,13H2,1H3;;;/q;+2;2*-1. The van der Waals surface area contributed by atoms with Crippen LogP contribution in [0.4, 0.5) is 5.69 Å². The number of hydrogen-bond donors (Lipinski definition) is 0. The number of hydrogen-bond acceptors (Lipinski definition) is 6. The van der Waals surface area contributed by atoms with Gasteiger partial charge in [0.1, 0.15) is 6.61 Å². The van der Waals surface area contributed by atoms with E-state index in [1.807, 2.05) is 13.0 Å². The molecule has 0 fully saturated rings. The van der Waals surface area contributed by atoms with E-state index in [9.17, 15) is 19.7 Å². The van der Waals surface area contributed by atoms with Crippen LogP contribution in [0, 0.1) is 10.1 Å². The van der Waals surface area contributed by atoms with Gasteiger partial charge in [0.25, 0.3) is 5.69 Å². The van der Waals surface area contributed by atoms with Gasteiger partial charge < -0.3 is 12.3 Å². The fraction of sp³-hybridized carbons (Fsp3) is 0.263. The van der Waals surface area contributed by atoms with E-state index in [1.165, 1.54) is 6.07 Å². The number of carbonyl (C=O) groups excluding carboxylic acids is 2. The van der Waals surface area contributed by atoms with Gasteiger partial charge in [-0.25, -0.2) is 9.59 Å². The Morgan fingerprint density at radius 3 is 2.33 bits per heavy atom. The summed E-state index contributed by atoms with van der Waals surface area (Å²) in [6.45, 7) is 2.16. The van der Waals surface area contributed by atoms with Gasteiger partial charge in [-0.15, -0.1) is 0 Å². The third-order valence-corrected chi connectivity index (χ3v) is 3.60. The first kappa shape index (κ1) is 22.6. The number of nitrogens with zero attached hydrogens (tertiary/aromatic N) is 1. The van der Waals surface area contributed by atoms with E-state index < -0.39 is 16.9 Å². The zero-order chi connectivity index (χ0) is 18.9. The van der Waals surface area contributed by atoms with Gasteiger partial charge in [0.15, 0.2) is 0 Å². The number of nitro benzene ring substituents is 1. The molecule has 2 rings (SSSR count). The molecule has 0 bridgehead atoms. The van der Waals surface area contributed by atoms with Crippen molar-refractivity contribution in [1.82, 2.24) is 0 Å². The molecule has 140 valence electrons. The molecule has 0 amide bonds. The maximum atomic E-state index is 12.4. The maximum Gasteiger partial charge on any atom is 2.00 e. The van der Waals surface area contributed by atoms with Crippen LogP contribution in [0.5, 0.6) is 0 Å². The Kier molecular flexibility index (Phi) is 9.45. The molecule has 2 aromatic carbocycles. The van der Waals surface area contributed by atoms with Crippen molar-refractivity contribution in [2.45, 2.75) is 26.4 Å². The summed E-state index contributed by atoms with van der Waals surface area (Å²) in [6, 6.07) is 12.4. The maximum absolute atomic E-state index is 12.4. The second kappa shape index (κ2) is 11.3. The second-order valence-electron chi connectivity index (χ2n) is 5.54. The van der Waals surface area contributed by atoms with Crippen LogP contribution in [0.2, 0.25) is 0 Å². The Morgan fingerprint density at radius 1 is 1.04 bits per heavy atom. The molecule has 0 aliphatic carbocycles. The Labute approximate surface area is 175 Å². The smallest absolute Gasteiger partial charge is 1.00 e. The number of carbonyl (C=O) groups is 2. The quantitative estimate of drug-likeness (QED) is 0.226. The molecule has 0 aliphatic rings. The second-order valence-corrected chi connectivity index (χ2v) is 5.54. The van der Waals surface area contributed by atoms with Crippen molar-refractivity contribution in [2.75, 3.05) is 6.61 Å². The predicted octanol–water partition coefficient (Wildman–Crippen LogP) is 3.75. The monoisotopic (exact) mass is 383 g/mol. The van der Waals surface area contributed by atoms with Crippen molar-refractivity contribution in [2.24, 2.45) is 0 Å². The van der Waals surface area contributed by atoms with Crippen molar-refractivity contribution < 1.29 is 26.8 Å². The van der Waals surface area contributed by atoms with Gasteiger partial charge in [-0.05, 0) is 18.1 Å². The predicted molar refractivity (Wildman–Crippen MR) is 102 cm³/mol. The van der Waals surface area contributed by atoms with Crippen molar-refractivity contribution in [3.63, 3.8) is 0 Å². The Hall–Kier alpha value is -2.45. The number of nitro groups is 1. The summed E-state index contributed by atoms with van der Waals surface area (Å²) >= 11 is 0. The molecule has 8 heteroatoms. The van der Waals surface area contributed by atoms with Gasteiger partial charge in [0.2, 0.25) is 0 Å². The average Bonchev–Trinajstić information content (AvgIpc) is 2.66. The van der Waals surface area contributed by atoms with E-state index in [4.69, 9.17) is 9.47 Å². The van der Waals surface area contributed by atoms with Gasteiger partial charge in [0.05, 0.1) is 22.7 Å². The number of benzene rings is 2. The summed E-state index contributed by atoms with van der Waals surface area (Å²) in [7, 11) is 0. The van der Waals surface area contributed by atoms with Crippen molar-refractivity contribution >= 4 is 40.7 Å². The summed E-state index contributed by atoms with van der Waals surface area (Å²) in [5.74, 6) is -1.53. The molecular weight excluding hydrogens is 363 g/mol. The van der Waals surface area contributed by atoms with Crippen LogP contribution in [0.3, 0.4) is 0 Å². The third-order valence-electron chi connectivity index (χ3n) is 3.60. The van der Waals surface area contributed by atoms with Crippen LogP contribution in [-0.4, -0.2) is 46.5 Å². The number of ether oxygens (including phenoxy) is 2. The minimum atomic E-state index is -0.819. The fourth-order valence-corrected chi connectivity index (χ4v) is 2.18. The summed E-state index contributed by atoms with van der Waals surface area (Å²) in [6.07, 6.45) is 1.53. The minimum Gasteiger partial charge on any atom is -1.00 e. The molecule has 0 radical (unpaired) electrons. The van der Waals surface area contributed by atoms with Gasteiger partial charge in [0, 0.05) is 12.1 Å². The van der Waals surface area contributed by atoms with Crippen LogP contribution in [-0.2, 0) is 16.1 Å². The molecule has 0 aliphatic heterocycles.